The molecule has 2 N–H and O–H groups in total. The van der Waals surface area contributed by atoms with Crippen molar-refractivity contribution in [3.8, 4) is 11.3 Å². The van der Waals surface area contributed by atoms with Crippen molar-refractivity contribution in [2.75, 3.05) is 5.32 Å². The normalized spacial score (nSPS) is 10.9. The van der Waals surface area contributed by atoms with Gasteiger partial charge in [0.25, 0.3) is 0 Å². The summed E-state index contributed by atoms with van der Waals surface area (Å²) in [5.74, 6) is -1.03. The van der Waals surface area contributed by atoms with Crippen molar-refractivity contribution >= 4 is 28.3 Å². The van der Waals surface area contributed by atoms with E-state index >= 15 is 0 Å². The molecule has 0 aliphatic carbocycles. The highest BCUT2D eigenvalue weighted by molar-refractivity contribution is 7.16. The summed E-state index contributed by atoms with van der Waals surface area (Å²) in [6.07, 6.45) is -0.233. The van der Waals surface area contributed by atoms with Gasteiger partial charge in [-0.15, -0.1) is 11.3 Å². The summed E-state index contributed by atoms with van der Waals surface area (Å²) in [5, 5.41) is 11.9. The number of amides is 1. The van der Waals surface area contributed by atoms with Crippen molar-refractivity contribution in [1.29, 1.82) is 0 Å². The molecule has 0 atom stereocenters. The molecule has 0 bridgehead atoms. The third kappa shape index (κ3) is 4.41. The van der Waals surface area contributed by atoms with Crippen molar-refractivity contribution in [3.05, 3.63) is 34.2 Å². The van der Waals surface area contributed by atoms with Crippen LogP contribution in [-0.4, -0.2) is 22.0 Å². The molecular weight excluding hydrogens is 324 g/mol. The van der Waals surface area contributed by atoms with Gasteiger partial charge in [0.15, 0.2) is 5.13 Å². The van der Waals surface area contributed by atoms with Crippen LogP contribution in [0.2, 0.25) is 0 Å². The van der Waals surface area contributed by atoms with Gasteiger partial charge in [0.05, 0.1) is 12.1 Å². The average Bonchev–Trinajstić information content (AvgIpc) is 2.91. The van der Waals surface area contributed by atoms with Gasteiger partial charge in [-0.2, -0.15) is 0 Å². The fourth-order valence-corrected chi connectivity index (χ4v) is 3.36. The van der Waals surface area contributed by atoms with Crippen molar-refractivity contribution < 1.29 is 14.7 Å². The number of carboxylic acid groups (broad SMARTS) is 1. The molecule has 2 aromatic rings. The molecule has 0 saturated heterocycles. The summed E-state index contributed by atoms with van der Waals surface area (Å²) in [6.45, 7) is 8.28. The van der Waals surface area contributed by atoms with Crippen LogP contribution in [0.1, 0.15) is 48.6 Å². The first-order valence-corrected chi connectivity index (χ1v) is 8.69. The van der Waals surface area contributed by atoms with E-state index in [1.807, 2.05) is 13.8 Å². The van der Waals surface area contributed by atoms with Crippen molar-refractivity contribution in [2.24, 2.45) is 0 Å². The minimum Gasteiger partial charge on any atom is -0.481 e. The monoisotopic (exact) mass is 346 g/mol. The molecule has 1 aromatic heterocycles. The molecule has 1 amide bonds. The Bertz CT molecular complexity index is 766. The van der Waals surface area contributed by atoms with Crippen LogP contribution >= 0.6 is 11.3 Å². The first-order valence-electron chi connectivity index (χ1n) is 7.88. The third-order valence-electron chi connectivity index (χ3n) is 3.64. The van der Waals surface area contributed by atoms with Crippen LogP contribution in [0.15, 0.2) is 18.2 Å². The van der Waals surface area contributed by atoms with Gasteiger partial charge < -0.3 is 10.4 Å². The van der Waals surface area contributed by atoms with Crippen LogP contribution in [-0.2, 0) is 9.59 Å². The molecule has 5 nitrogen and oxygen atoms in total. The number of carbonyl (C=O) groups is 2. The molecule has 1 aromatic carbocycles. The van der Waals surface area contributed by atoms with Crippen LogP contribution in [0.25, 0.3) is 11.3 Å². The van der Waals surface area contributed by atoms with Crippen LogP contribution in [0.5, 0.6) is 0 Å². The number of aliphatic carboxylic acids is 1. The second-order valence-corrected chi connectivity index (χ2v) is 7.18. The lowest BCUT2D eigenvalue weighted by Gasteiger charge is -2.09. The number of anilines is 1. The quantitative estimate of drug-likeness (QED) is 0.815. The SMILES string of the molecule is Cc1ccc(C)c(-c2nc(NC(=O)CCC(=O)O)sc2C(C)C)c1. The summed E-state index contributed by atoms with van der Waals surface area (Å²) >= 11 is 1.45. The zero-order chi connectivity index (χ0) is 17.9. The van der Waals surface area contributed by atoms with E-state index in [1.54, 1.807) is 0 Å². The largest absolute Gasteiger partial charge is 0.481 e. The van der Waals surface area contributed by atoms with Crippen LogP contribution in [0.4, 0.5) is 5.13 Å². The highest BCUT2D eigenvalue weighted by Crippen LogP contribution is 2.37. The Morgan fingerprint density at radius 2 is 1.96 bits per heavy atom. The summed E-state index contributed by atoms with van der Waals surface area (Å²) in [5.41, 5.74) is 4.26. The van der Waals surface area contributed by atoms with Gasteiger partial charge in [0.2, 0.25) is 5.91 Å². The van der Waals surface area contributed by atoms with E-state index < -0.39 is 5.97 Å². The summed E-state index contributed by atoms with van der Waals surface area (Å²) in [6, 6.07) is 6.24. The van der Waals surface area contributed by atoms with Gasteiger partial charge in [-0.1, -0.05) is 31.5 Å². The molecule has 24 heavy (non-hydrogen) atoms. The molecule has 6 heteroatoms. The van der Waals surface area contributed by atoms with Gasteiger partial charge in [-0.05, 0) is 31.4 Å². The third-order valence-corrected chi connectivity index (χ3v) is 4.91. The maximum atomic E-state index is 11.9. The van der Waals surface area contributed by atoms with E-state index in [0.717, 1.165) is 27.3 Å². The molecule has 2 rings (SSSR count). The molecule has 0 fully saturated rings. The smallest absolute Gasteiger partial charge is 0.303 e. The molecule has 0 aliphatic rings. The Balaban J connectivity index is 2.32. The molecule has 1 heterocycles. The van der Waals surface area contributed by atoms with E-state index in [1.165, 1.54) is 11.3 Å². The molecule has 128 valence electrons. The lowest BCUT2D eigenvalue weighted by molar-refractivity contribution is -0.138. The zero-order valence-electron chi connectivity index (χ0n) is 14.3. The summed E-state index contributed by atoms with van der Waals surface area (Å²) in [4.78, 5) is 28.1. The Morgan fingerprint density at radius 3 is 2.58 bits per heavy atom. The van der Waals surface area contributed by atoms with Crippen molar-refractivity contribution in [1.82, 2.24) is 4.98 Å². The van der Waals surface area contributed by atoms with Crippen molar-refractivity contribution in [3.63, 3.8) is 0 Å². The first kappa shape index (κ1) is 18.1. The predicted molar refractivity (Wildman–Crippen MR) is 96.6 cm³/mol. The molecule has 0 unspecified atom stereocenters. The topological polar surface area (TPSA) is 79.3 Å². The van der Waals surface area contributed by atoms with Crippen LogP contribution < -0.4 is 5.32 Å². The fraction of sp³-hybridized carbons (Fsp3) is 0.389. The second kappa shape index (κ2) is 7.57. The number of aryl methyl sites for hydroxylation is 2. The predicted octanol–water partition coefficient (Wildman–Crippen LogP) is 4.35. The van der Waals surface area contributed by atoms with Gasteiger partial charge in [-0.25, -0.2) is 4.98 Å². The van der Waals surface area contributed by atoms with Gasteiger partial charge in [0, 0.05) is 16.9 Å². The number of hydrogen-bond acceptors (Lipinski definition) is 4. The van der Waals surface area contributed by atoms with Gasteiger partial charge >= 0.3 is 5.97 Å². The van der Waals surface area contributed by atoms with Crippen molar-refractivity contribution in [2.45, 2.75) is 46.5 Å². The zero-order valence-corrected chi connectivity index (χ0v) is 15.2. The van der Waals surface area contributed by atoms with Gasteiger partial charge in [-0.3, -0.25) is 9.59 Å². The highest BCUT2D eigenvalue weighted by atomic mass is 32.1. The number of hydrogen-bond donors (Lipinski definition) is 2. The minimum atomic E-state index is -0.983. The Hall–Kier alpha value is -2.21. The lowest BCUT2D eigenvalue weighted by atomic mass is 9.99. The maximum absolute atomic E-state index is 11.9. The lowest BCUT2D eigenvalue weighted by Crippen LogP contribution is -2.12. The average molecular weight is 346 g/mol. The Labute approximate surface area is 145 Å². The number of nitrogens with zero attached hydrogens (tertiary/aromatic N) is 1. The number of carbonyl (C=O) groups excluding carboxylic acids is 1. The number of benzene rings is 1. The number of nitrogens with one attached hydrogen (secondary N) is 1. The van der Waals surface area contributed by atoms with E-state index in [0.29, 0.717) is 5.13 Å². The van der Waals surface area contributed by atoms with Crippen LogP contribution in [0, 0.1) is 13.8 Å². The van der Waals surface area contributed by atoms with Crippen LogP contribution in [0.3, 0.4) is 0 Å². The number of thiazole rings is 1. The maximum Gasteiger partial charge on any atom is 0.303 e. The second-order valence-electron chi connectivity index (χ2n) is 6.15. The summed E-state index contributed by atoms with van der Waals surface area (Å²) < 4.78 is 0. The van der Waals surface area contributed by atoms with E-state index in [4.69, 9.17) is 5.11 Å². The summed E-state index contributed by atoms with van der Waals surface area (Å²) in [7, 11) is 0. The van der Waals surface area contributed by atoms with E-state index in [2.05, 4.69) is 42.3 Å². The number of carboxylic acids is 1. The Morgan fingerprint density at radius 1 is 1.25 bits per heavy atom. The Kier molecular flexibility index (Phi) is 5.72. The number of aromatic nitrogens is 1. The van der Waals surface area contributed by atoms with E-state index in [9.17, 15) is 9.59 Å². The first-order chi connectivity index (χ1) is 11.3. The standard InChI is InChI=1S/C18H22N2O3S/c1-10(2)17-16(13-9-11(3)5-6-12(13)4)20-18(24-17)19-14(21)7-8-15(22)23/h5-6,9-10H,7-8H2,1-4H3,(H,22,23)(H,19,20,21). The van der Waals surface area contributed by atoms with Gasteiger partial charge in [0.1, 0.15) is 0 Å². The number of rotatable bonds is 6. The molecule has 0 spiro atoms. The molecular formula is C18H22N2O3S. The highest BCUT2D eigenvalue weighted by Gasteiger charge is 2.18. The molecule has 0 saturated carbocycles. The molecule has 0 radical (unpaired) electrons. The minimum absolute atomic E-state index is 0.0509. The molecule has 0 aliphatic heterocycles. The fourth-order valence-electron chi connectivity index (χ4n) is 2.36. The van der Waals surface area contributed by atoms with E-state index in [-0.39, 0.29) is 24.7 Å².